The fourth-order valence-electron chi connectivity index (χ4n) is 5.37. The summed E-state index contributed by atoms with van der Waals surface area (Å²) in [5.41, 5.74) is 0. The van der Waals surface area contributed by atoms with Crippen LogP contribution < -0.4 is 0 Å². The van der Waals surface area contributed by atoms with Gasteiger partial charge in [-0.1, -0.05) is 111 Å². The Morgan fingerprint density at radius 1 is 0.622 bits per heavy atom. The van der Waals surface area contributed by atoms with Gasteiger partial charge in [0.25, 0.3) is 0 Å². The van der Waals surface area contributed by atoms with Crippen molar-refractivity contribution in [1.29, 1.82) is 0 Å². The molecule has 222 valence electrons. The van der Waals surface area contributed by atoms with Crippen LogP contribution in [0.25, 0.3) is 0 Å². The van der Waals surface area contributed by atoms with Gasteiger partial charge in [-0.25, -0.2) is 4.57 Å². The predicted octanol–water partition coefficient (Wildman–Crippen LogP) is 8.58. The highest BCUT2D eigenvalue weighted by Gasteiger charge is 2.23. The van der Waals surface area contributed by atoms with Crippen molar-refractivity contribution in [3.8, 4) is 0 Å². The van der Waals surface area contributed by atoms with E-state index in [9.17, 15) is 9.46 Å². The summed E-state index contributed by atoms with van der Waals surface area (Å²) in [7, 11) is -3.88. The lowest BCUT2D eigenvalue weighted by Crippen LogP contribution is -2.50. The molecule has 0 aromatic carbocycles. The van der Waals surface area contributed by atoms with Gasteiger partial charge in [0.15, 0.2) is 0 Å². The molecular weight excluding hydrogens is 483 g/mol. The second-order valence-electron chi connectivity index (χ2n) is 11.2. The van der Waals surface area contributed by atoms with Gasteiger partial charge in [-0.15, -0.1) is 0 Å². The fourth-order valence-corrected chi connectivity index (χ4v) is 6.16. The number of phosphoric acid groups is 1. The first kappa shape index (κ1) is 35.1. The Bertz CT molecular complexity index is 534. The number of unbranched alkanes of at least 4 members (excludes halogenated alkanes) is 13. The summed E-state index contributed by atoms with van der Waals surface area (Å²) >= 11 is 0. The average molecular weight is 547 g/mol. The lowest BCUT2D eigenvalue weighted by molar-refractivity contribution is 0.0846. The molecule has 1 aliphatic heterocycles. The zero-order chi connectivity index (χ0) is 27.0. The van der Waals surface area contributed by atoms with Gasteiger partial charge in [0.2, 0.25) is 0 Å². The normalized spacial score (nSPS) is 17.0. The van der Waals surface area contributed by atoms with Gasteiger partial charge in [0.05, 0.1) is 13.2 Å². The first-order valence-corrected chi connectivity index (χ1v) is 17.6. The molecule has 0 radical (unpaired) electrons. The van der Waals surface area contributed by atoms with Crippen LogP contribution in [0.2, 0.25) is 0 Å². The van der Waals surface area contributed by atoms with Crippen molar-refractivity contribution in [1.82, 2.24) is 9.80 Å². The number of hydrogen-bond donors (Lipinski definition) is 1. The van der Waals surface area contributed by atoms with Gasteiger partial charge in [-0.05, 0) is 38.6 Å². The van der Waals surface area contributed by atoms with Crippen LogP contribution in [0.4, 0.5) is 0 Å². The van der Waals surface area contributed by atoms with Gasteiger partial charge in [0, 0.05) is 32.2 Å². The average Bonchev–Trinajstić information content (AvgIpc) is 2.89. The smallest absolute Gasteiger partial charge is 0.302 e. The van der Waals surface area contributed by atoms with Crippen LogP contribution >= 0.6 is 7.82 Å². The highest BCUT2D eigenvalue weighted by atomic mass is 31.2. The van der Waals surface area contributed by atoms with Crippen LogP contribution in [0.1, 0.15) is 143 Å². The molecule has 0 spiro atoms. The van der Waals surface area contributed by atoms with E-state index in [1.54, 1.807) is 0 Å². The summed E-state index contributed by atoms with van der Waals surface area (Å²) in [4.78, 5) is 15.2. The van der Waals surface area contributed by atoms with Gasteiger partial charge in [-0.3, -0.25) is 13.9 Å². The summed E-state index contributed by atoms with van der Waals surface area (Å²) < 4.78 is 22.3. The highest BCUT2D eigenvalue weighted by Crippen LogP contribution is 2.43. The minimum absolute atomic E-state index is 0.306. The lowest BCUT2D eigenvalue weighted by atomic mass is 9.99. The molecule has 0 aromatic rings. The van der Waals surface area contributed by atoms with E-state index in [2.05, 4.69) is 30.6 Å². The Kier molecular flexibility index (Phi) is 22.6. The van der Waals surface area contributed by atoms with Gasteiger partial charge in [0.1, 0.15) is 0 Å². The molecule has 1 saturated heterocycles. The second kappa shape index (κ2) is 23.9. The fraction of sp³-hybridized carbons (Fsp3) is 1.00. The molecule has 0 amide bonds. The molecule has 0 aromatic heterocycles. The monoisotopic (exact) mass is 546 g/mol. The standard InChI is InChI=1S/C30H63N2O4P/c1-4-7-10-11-12-14-19-28-35-37(33,34)36-29-20-15-13-18-23-31-24-26-32(27-25-31)30(21-16-8-5-2)22-17-9-6-3/h30H,4-29H2,1-3H3,(H,33,34). The Hall–Kier alpha value is 0.0300. The zero-order valence-corrected chi connectivity index (χ0v) is 25.9. The van der Waals surface area contributed by atoms with E-state index in [1.807, 2.05) is 0 Å². The number of hydrogen-bond acceptors (Lipinski definition) is 5. The molecule has 7 heteroatoms. The molecule has 0 aliphatic carbocycles. The van der Waals surface area contributed by atoms with E-state index in [-0.39, 0.29) is 0 Å². The van der Waals surface area contributed by atoms with Gasteiger partial charge in [-0.2, -0.15) is 0 Å². The zero-order valence-electron chi connectivity index (χ0n) is 25.0. The van der Waals surface area contributed by atoms with E-state index < -0.39 is 7.82 Å². The van der Waals surface area contributed by atoms with Crippen LogP contribution in [0, 0.1) is 0 Å². The highest BCUT2D eigenvalue weighted by molar-refractivity contribution is 7.47. The van der Waals surface area contributed by atoms with Crippen molar-refractivity contribution in [2.24, 2.45) is 0 Å². The van der Waals surface area contributed by atoms with E-state index in [0.717, 1.165) is 38.1 Å². The molecule has 1 aliphatic rings. The lowest BCUT2D eigenvalue weighted by Gasteiger charge is -2.39. The van der Waals surface area contributed by atoms with Crippen LogP contribution in [0.15, 0.2) is 0 Å². The number of nitrogens with zero attached hydrogens (tertiary/aromatic N) is 2. The van der Waals surface area contributed by atoms with Crippen LogP contribution in [0.3, 0.4) is 0 Å². The maximum absolute atomic E-state index is 12.0. The van der Waals surface area contributed by atoms with Crippen molar-refractivity contribution in [3.05, 3.63) is 0 Å². The van der Waals surface area contributed by atoms with E-state index in [1.165, 1.54) is 123 Å². The first-order chi connectivity index (χ1) is 18.0. The summed E-state index contributed by atoms with van der Waals surface area (Å²) in [6.45, 7) is 13.5. The Balaban J connectivity index is 2.05. The summed E-state index contributed by atoms with van der Waals surface area (Å²) in [5, 5.41) is 0. The van der Waals surface area contributed by atoms with Gasteiger partial charge < -0.3 is 9.79 Å². The molecular formula is C30H63N2O4P. The van der Waals surface area contributed by atoms with Crippen molar-refractivity contribution < 1.29 is 18.5 Å². The Morgan fingerprint density at radius 3 is 1.57 bits per heavy atom. The quantitative estimate of drug-likeness (QED) is 0.0866. The SMILES string of the molecule is CCCCCCCCCOP(=O)(O)OCCCCCCN1CCN(C(CCCCC)CCCCC)CC1. The summed E-state index contributed by atoms with van der Waals surface area (Å²) in [6.07, 6.45) is 23.2. The maximum atomic E-state index is 12.0. The maximum Gasteiger partial charge on any atom is 0.472 e. The molecule has 1 unspecified atom stereocenters. The first-order valence-electron chi connectivity index (χ1n) is 16.1. The van der Waals surface area contributed by atoms with Crippen LogP contribution in [0.5, 0.6) is 0 Å². The Morgan fingerprint density at radius 2 is 1.05 bits per heavy atom. The summed E-state index contributed by atoms with van der Waals surface area (Å²) in [5.74, 6) is 0. The molecule has 6 nitrogen and oxygen atoms in total. The van der Waals surface area contributed by atoms with Crippen molar-refractivity contribution in [3.63, 3.8) is 0 Å². The Labute approximate surface area is 230 Å². The minimum atomic E-state index is -3.88. The molecule has 1 heterocycles. The molecule has 1 atom stereocenters. The second-order valence-corrected chi connectivity index (χ2v) is 12.6. The number of rotatable bonds is 26. The van der Waals surface area contributed by atoms with Crippen LogP contribution in [-0.2, 0) is 13.6 Å². The minimum Gasteiger partial charge on any atom is -0.302 e. The third kappa shape index (κ3) is 19.7. The van der Waals surface area contributed by atoms with Crippen molar-refractivity contribution >= 4 is 7.82 Å². The number of phosphoric ester groups is 1. The van der Waals surface area contributed by atoms with Crippen LogP contribution in [-0.4, -0.2) is 66.7 Å². The largest absolute Gasteiger partial charge is 0.472 e. The molecule has 1 rings (SSSR count). The third-order valence-electron chi connectivity index (χ3n) is 7.83. The molecule has 0 bridgehead atoms. The summed E-state index contributed by atoms with van der Waals surface area (Å²) in [6, 6.07) is 0.794. The number of piperazine rings is 1. The van der Waals surface area contributed by atoms with E-state index >= 15 is 0 Å². The third-order valence-corrected chi connectivity index (χ3v) is 8.85. The molecule has 0 saturated carbocycles. The molecule has 1 N–H and O–H groups in total. The predicted molar refractivity (Wildman–Crippen MR) is 158 cm³/mol. The van der Waals surface area contributed by atoms with Crippen molar-refractivity contribution in [2.75, 3.05) is 45.9 Å². The molecule has 37 heavy (non-hydrogen) atoms. The molecule has 1 fully saturated rings. The van der Waals surface area contributed by atoms with E-state index in [4.69, 9.17) is 9.05 Å². The van der Waals surface area contributed by atoms with E-state index in [0.29, 0.717) is 13.2 Å². The van der Waals surface area contributed by atoms with Crippen molar-refractivity contribution in [2.45, 2.75) is 149 Å². The van der Waals surface area contributed by atoms with Gasteiger partial charge >= 0.3 is 7.82 Å². The topological polar surface area (TPSA) is 62.2 Å².